The maximum atomic E-state index is 11.1. The van der Waals surface area contributed by atoms with E-state index >= 15 is 0 Å². The number of hydrogen-bond acceptors (Lipinski definition) is 2. The molecule has 0 saturated heterocycles. The second kappa shape index (κ2) is 6.84. The first-order valence-electron chi connectivity index (χ1n) is 7.57. The number of para-hydroxylation sites is 2. The Morgan fingerprint density at radius 1 is 1.17 bits per heavy atom. The van der Waals surface area contributed by atoms with Gasteiger partial charge in [0.05, 0.1) is 17.6 Å². The zero-order chi connectivity index (χ0) is 16.2. The average Bonchev–Trinajstić information content (AvgIpc) is 2.87. The van der Waals surface area contributed by atoms with Gasteiger partial charge >= 0.3 is 0 Å². The van der Waals surface area contributed by atoms with E-state index in [-0.39, 0.29) is 5.91 Å². The topological polar surface area (TPSA) is 46.9 Å². The second-order valence-electron chi connectivity index (χ2n) is 5.43. The molecule has 0 aliphatic heterocycles. The van der Waals surface area contributed by atoms with Crippen LogP contribution >= 0.6 is 11.6 Å². The number of halogens is 1. The van der Waals surface area contributed by atoms with Crippen LogP contribution in [-0.2, 0) is 17.8 Å². The van der Waals surface area contributed by atoms with Crippen molar-refractivity contribution in [3.8, 4) is 0 Å². The standard InChI is InChI=1S/C18H18ClN3O/c1-13(23)20-11-10-18-21-16-8-4-5-9-17(16)22(18)12-14-6-2-3-7-15(14)19/h2-9H,10-12H2,1H3,(H,20,23). The molecule has 0 bridgehead atoms. The van der Waals surface area contributed by atoms with Gasteiger partial charge in [0.1, 0.15) is 5.82 Å². The highest BCUT2D eigenvalue weighted by Gasteiger charge is 2.12. The van der Waals surface area contributed by atoms with Crippen molar-refractivity contribution in [1.29, 1.82) is 0 Å². The molecule has 1 aromatic heterocycles. The van der Waals surface area contributed by atoms with Gasteiger partial charge in [0, 0.05) is 24.9 Å². The molecule has 0 radical (unpaired) electrons. The predicted molar refractivity (Wildman–Crippen MR) is 92.7 cm³/mol. The van der Waals surface area contributed by atoms with Crippen molar-refractivity contribution in [1.82, 2.24) is 14.9 Å². The Balaban J connectivity index is 1.95. The Kier molecular flexibility index (Phi) is 4.63. The molecular weight excluding hydrogens is 310 g/mol. The third-order valence-electron chi connectivity index (χ3n) is 3.74. The van der Waals surface area contributed by atoms with Gasteiger partial charge in [-0.3, -0.25) is 4.79 Å². The van der Waals surface area contributed by atoms with Crippen LogP contribution in [0.4, 0.5) is 0 Å². The first-order chi connectivity index (χ1) is 11.1. The van der Waals surface area contributed by atoms with Crippen LogP contribution in [0, 0.1) is 0 Å². The maximum Gasteiger partial charge on any atom is 0.216 e. The van der Waals surface area contributed by atoms with Crippen LogP contribution in [0.25, 0.3) is 11.0 Å². The van der Waals surface area contributed by atoms with Gasteiger partial charge in [-0.2, -0.15) is 0 Å². The number of imidazole rings is 1. The van der Waals surface area contributed by atoms with Gasteiger partial charge in [-0.1, -0.05) is 41.9 Å². The van der Waals surface area contributed by atoms with Crippen LogP contribution in [0.2, 0.25) is 5.02 Å². The molecule has 3 aromatic rings. The number of rotatable bonds is 5. The largest absolute Gasteiger partial charge is 0.356 e. The van der Waals surface area contributed by atoms with E-state index in [0.29, 0.717) is 19.5 Å². The monoisotopic (exact) mass is 327 g/mol. The molecule has 1 amide bonds. The van der Waals surface area contributed by atoms with Crippen LogP contribution < -0.4 is 5.32 Å². The number of fused-ring (bicyclic) bond motifs is 1. The van der Waals surface area contributed by atoms with Crippen molar-refractivity contribution in [2.75, 3.05) is 6.54 Å². The van der Waals surface area contributed by atoms with Crippen LogP contribution in [0.3, 0.4) is 0 Å². The molecule has 0 aliphatic rings. The van der Waals surface area contributed by atoms with Crippen LogP contribution in [0.5, 0.6) is 0 Å². The van der Waals surface area contributed by atoms with Gasteiger partial charge in [-0.15, -0.1) is 0 Å². The number of amides is 1. The molecule has 0 atom stereocenters. The van der Waals surface area contributed by atoms with E-state index in [0.717, 1.165) is 27.4 Å². The number of benzene rings is 2. The fourth-order valence-corrected chi connectivity index (χ4v) is 2.84. The molecule has 2 aromatic carbocycles. The fraction of sp³-hybridized carbons (Fsp3) is 0.222. The number of nitrogens with one attached hydrogen (secondary N) is 1. The molecule has 118 valence electrons. The first kappa shape index (κ1) is 15.6. The second-order valence-corrected chi connectivity index (χ2v) is 5.83. The SMILES string of the molecule is CC(=O)NCCc1nc2ccccc2n1Cc1ccccc1Cl. The summed E-state index contributed by atoms with van der Waals surface area (Å²) in [6.07, 6.45) is 0.679. The molecule has 1 heterocycles. The minimum absolute atomic E-state index is 0.0289. The van der Waals surface area contributed by atoms with E-state index < -0.39 is 0 Å². The molecular formula is C18H18ClN3O. The number of hydrogen-bond donors (Lipinski definition) is 1. The quantitative estimate of drug-likeness (QED) is 0.780. The number of carbonyl (C=O) groups excluding carboxylic acids is 1. The van der Waals surface area contributed by atoms with Crippen molar-refractivity contribution in [2.45, 2.75) is 19.9 Å². The van der Waals surface area contributed by atoms with E-state index in [1.165, 1.54) is 6.92 Å². The van der Waals surface area contributed by atoms with Crippen molar-refractivity contribution in [3.05, 3.63) is 64.9 Å². The molecule has 3 rings (SSSR count). The van der Waals surface area contributed by atoms with E-state index in [4.69, 9.17) is 16.6 Å². The molecule has 0 fully saturated rings. The third kappa shape index (κ3) is 3.54. The minimum Gasteiger partial charge on any atom is -0.356 e. The summed E-state index contributed by atoms with van der Waals surface area (Å²) in [5.41, 5.74) is 3.08. The van der Waals surface area contributed by atoms with Gasteiger partial charge in [0.25, 0.3) is 0 Å². The fourth-order valence-electron chi connectivity index (χ4n) is 2.64. The summed E-state index contributed by atoms with van der Waals surface area (Å²) in [5.74, 6) is 0.915. The highest BCUT2D eigenvalue weighted by Crippen LogP contribution is 2.21. The average molecular weight is 328 g/mol. The smallest absolute Gasteiger partial charge is 0.216 e. The van der Waals surface area contributed by atoms with Gasteiger partial charge < -0.3 is 9.88 Å². The predicted octanol–water partition coefficient (Wildman–Crippen LogP) is 3.42. The lowest BCUT2D eigenvalue weighted by Crippen LogP contribution is -2.23. The van der Waals surface area contributed by atoms with Crippen LogP contribution in [0.15, 0.2) is 48.5 Å². The summed E-state index contributed by atoms with van der Waals surface area (Å²) in [4.78, 5) is 15.8. The first-order valence-corrected chi connectivity index (χ1v) is 7.95. The molecule has 0 aliphatic carbocycles. The van der Waals surface area contributed by atoms with Crippen molar-refractivity contribution >= 4 is 28.5 Å². The molecule has 0 spiro atoms. The molecule has 0 saturated carbocycles. The Labute approximate surface area is 140 Å². The lowest BCUT2D eigenvalue weighted by atomic mass is 10.2. The lowest BCUT2D eigenvalue weighted by Gasteiger charge is -2.11. The maximum absolute atomic E-state index is 11.1. The van der Waals surface area contributed by atoms with E-state index in [2.05, 4.69) is 16.0 Å². The zero-order valence-corrected chi connectivity index (χ0v) is 13.7. The highest BCUT2D eigenvalue weighted by atomic mass is 35.5. The van der Waals surface area contributed by atoms with E-state index in [1.807, 2.05) is 42.5 Å². The van der Waals surface area contributed by atoms with Gasteiger partial charge in [-0.05, 0) is 23.8 Å². The molecule has 23 heavy (non-hydrogen) atoms. The summed E-state index contributed by atoms with van der Waals surface area (Å²) in [7, 11) is 0. The molecule has 4 nitrogen and oxygen atoms in total. The summed E-state index contributed by atoms with van der Waals surface area (Å²) >= 11 is 6.30. The van der Waals surface area contributed by atoms with E-state index in [1.54, 1.807) is 0 Å². The van der Waals surface area contributed by atoms with Crippen molar-refractivity contribution < 1.29 is 4.79 Å². The minimum atomic E-state index is -0.0289. The van der Waals surface area contributed by atoms with Gasteiger partial charge in [0.2, 0.25) is 5.91 Å². The number of nitrogens with zero attached hydrogens (tertiary/aromatic N) is 2. The summed E-state index contributed by atoms with van der Waals surface area (Å²) < 4.78 is 2.17. The number of carbonyl (C=O) groups is 1. The third-order valence-corrected chi connectivity index (χ3v) is 4.11. The van der Waals surface area contributed by atoms with Gasteiger partial charge in [0.15, 0.2) is 0 Å². The van der Waals surface area contributed by atoms with Crippen molar-refractivity contribution in [3.63, 3.8) is 0 Å². The summed E-state index contributed by atoms with van der Waals surface area (Å²) in [5, 5.41) is 3.57. The summed E-state index contributed by atoms with van der Waals surface area (Å²) in [6, 6.07) is 15.9. The Morgan fingerprint density at radius 3 is 2.70 bits per heavy atom. The molecule has 1 N–H and O–H groups in total. The highest BCUT2D eigenvalue weighted by molar-refractivity contribution is 6.31. The lowest BCUT2D eigenvalue weighted by molar-refractivity contribution is -0.118. The zero-order valence-electron chi connectivity index (χ0n) is 12.9. The van der Waals surface area contributed by atoms with E-state index in [9.17, 15) is 4.79 Å². The van der Waals surface area contributed by atoms with Crippen molar-refractivity contribution in [2.24, 2.45) is 0 Å². The Morgan fingerprint density at radius 2 is 1.91 bits per heavy atom. The number of aromatic nitrogens is 2. The molecule has 5 heteroatoms. The Bertz CT molecular complexity index is 841. The Hall–Kier alpha value is -2.33. The summed E-state index contributed by atoms with van der Waals surface area (Å²) in [6.45, 7) is 2.75. The van der Waals surface area contributed by atoms with Gasteiger partial charge in [-0.25, -0.2) is 4.98 Å². The van der Waals surface area contributed by atoms with Crippen LogP contribution in [0.1, 0.15) is 18.3 Å². The molecule has 0 unspecified atom stereocenters. The van der Waals surface area contributed by atoms with Crippen LogP contribution in [-0.4, -0.2) is 22.0 Å². The normalized spacial score (nSPS) is 10.9.